The van der Waals surface area contributed by atoms with Crippen molar-refractivity contribution in [2.24, 2.45) is 0 Å². The van der Waals surface area contributed by atoms with E-state index in [2.05, 4.69) is 60.7 Å². The molecule has 3 rings (SSSR count). The van der Waals surface area contributed by atoms with Crippen LogP contribution in [0, 0.1) is 0 Å². The van der Waals surface area contributed by atoms with Crippen LogP contribution in [0.3, 0.4) is 0 Å². The van der Waals surface area contributed by atoms with Gasteiger partial charge in [-0.05, 0) is 43.2 Å². The highest BCUT2D eigenvalue weighted by Crippen LogP contribution is 2.32. The molecular weight excluding hydrogens is 244 g/mol. The van der Waals surface area contributed by atoms with Gasteiger partial charge in [-0.2, -0.15) is 0 Å². The Bertz CT molecular complexity index is 506. The Morgan fingerprint density at radius 2 is 1.55 bits per heavy atom. The largest absolute Gasteiger partial charge is 0.370 e. The Labute approximate surface area is 121 Å². The van der Waals surface area contributed by atoms with E-state index < -0.39 is 0 Å². The van der Waals surface area contributed by atoms with Crippen molar-refractivity contribution in [3.8, 4) is 0 Å². The van der Waals surface area contributed by atoms with E-state index >= 15 is 0 Å². The van der Waals surface area contributed by atoms with Gasteiger partial charge in [0, 0.05) is 0 Å². The van der Waals surface area contributed by atoms with Gasteiger partial charge in [0.25, 0.3) is 0 Å². The summed E-state index contributed by atoms with van der Waals surface area (Å²) in [5.41, 5.74) is 2.75. The Morgan fingerprint density at radius 1 is 0.850 bits per heavy atom. The van der Waals surface area contributed by atoms with Crippen molar-refractivity contribution < 1.29 is 4.74 Å². The maximum absolute atomic E-state index is 6.29. The molecule has 1 fully saturated rings. The maximum atomic E-state index is 6.29. The van der Waals surface area contributed by atoms with Crippen molar-refractivity contribution in [3.63, 3.8) is 0 Å². The molecule has 1 heteroatoms. The van der Waals surface area contributed by atoms with Crippen molar-refractivity contribution in [2.75, 3.05) is 0 Å². The van der Waals surface area contributed by atoms with Crippen molar-refractivity contribution in [2.45, 2.75) is 44.3 Å². The second-order valence-electron chi connectivity index (χ2n) is 5.61. The third kappa shape index (κ3) is 3.49. The minimum absolute atomic E-state index is 0.297. The molecule has 0 bridgehead atoms. The smallest absolute Gasteiger partial charge is 0.0828 e. The van der Waals surface area contributed by atoms with E-state index in [1.54, 1.807) is 0 Å². The molecule has 0 aliphatic carbocycles. The lowest BCUT2D eigenvalue weighted by molar-refractivity contribution is -0.0546. The fraction of sp³-hybridized carbons (Fsp3) is 0.368. The summed E-state index contributed by atoms with van der Waals surface area (Å²) in [7, 11) is 0. The number of rotatable bonds is 4. The van der Waals surface area contributed by atoms with Gasteiger partial charge in [-0.15, -0.1) is 0 Å². The van der Waals surface area contributed by atoms with E-state index in [4.69, 9.17) is 4.74 Å². The summed E-state index contributed by atoms with van der Waals surface area (Å²) in [4.78, 5) is 0. The highest BCUT2D eigenvalue weighted by atomic mass is 16.5. The van der Waals surface area contributed by atoms with Crippen molar-refractivity contribution >= 4 is 0 Å². The monoisotopic (exact) mass is 266 g/mol. The minimum Gasteiger partial charge on any atom is -0.370 e. The van der Waals surface area contributed by atoms with Gasteiger partial charge in [0.1, 0.15) is 0 Å². The summed E-state index contributed by atoms with van der Waals surface area (Å²) in [5.74, 6) is 0. The third-order valence-corrected chi connectivity index (χ3v) is 4.12. The quantitative estimate of drug-likeness (QED) is 0.762. The summed E-state index contributed by atoms with van der Waals surface area (Å²) in [6.07, 6.45) is 6.60. The van der Waals surface area contributed by atoms with E-state index in [9.17, 15) is 0 Å². The molecule has 2 aromatic carbocycles. The zero-order valence-corrected chi connectivity index (χ0v) is 11.9. The van der Waals surface area contributed by atoms with Gasteiger partial charge in [0.05, 0.1) is 12.2 Å². The highest BCUT2D eigenvalue weighted by Gasteiger charge is 2.23. The molecule has 1 heterocycles. The Kier molecular flexibility index (Phi) is 4.49. The average Bonchev–Trinajstić information content (AvgIpc) is 2.55. The third-order valence-electron chi connectivity index (χ3n) is 4.12. The SMILES string of the molecule is c1ccc(CC[C@@H]2CCC[C@H](c3ccccc3)O2)cc1. The van der Waals surface area contributed by atoms with Crippen LogP contribution in [0.1, 0.15) is 42.9 Å². The Hall–Kier alpha value is -1.60. The number of hydrogen-bond donors (Lipinski definition) is 0. The lowest BCUT2D eigenvalue weighted by atomic mass is 9.95. The molecule has 0 saturated carbocycles. The molecule has 104 valence electrons. The first-order chi connectivity index (χ1) is 9.92. The molecule has 1 nitrogen and oxygen atoms in total. The Morgan fingerprint density at radius 3 is 2.30 bits per heavy atom. The number of hydrogen-bond acceptors (Lipinski definition) is 1. The number of aryl methyl sites for hydroxylation is 1. The van der Waals surface area contributed by atoms with Gasteiger partial charge in [0.2, 0.25) is 0 Å². The van der Waals surface area contributed by atoms with E-state index in [0.29, 0.717) is 12.2 Å². The summed E-state index contributed by atoms with van der Waals surface area (Å²) in [6.45, 7) is 0. The lowest BCUT2D eigenvalue weighted by Crippen LogP contribution is -2.23. The predicted molar refractivity (Wildman–Crippen MR) is 82.7 cm³/mol. The van der Waals surface area contributed by atoms with Crippen molar-refractivity contribution in [1.82, 2.24) is 0 Å². The van der Waals surface area contributed by atoms with Crippen LogP contribution in [0.25, 0.3) is 0 Å². The molecule has 0 unspecified atom stereocenters. The highest BCUT2D eigenvalue weighted by molar-refractivity contribution is 5.18. The second-order valence-corrected chi connectivity index (χ2v) is 5.61. The van der Waals surface area contributed by atoms with Crippen molar-refractivity contribution in [1.29, 1.82) is 0 Å². The number of ether oxygens (including phenoxy) is 1. The molecule has 0 aromatic heterocycles. The summed E-state index contributed by atoms with van der Waals surface area (Å²) in [6, 6.07) is 21.4. The van der Waals surface area contributed by atoms with E-state index in [1.807, 2.05) is 0 Å². The normalized spacial score (nSPS) is 22.6. The molecule has 0 N–H and O–H groups in total. The van der Waals surface area contributed by atoms with Gasteiger partial charge >= 0.3 is 0 Å². The minimum atomic E-state index is 0.297. The fourth-order valence-corrected chi connectivity index (χ4v) is 3.00. The van der Waals surface area contributed by atoms with Crippen LogP contribution >= 0.6 is 0 Å². The molecular formula is C19H22O. The Balaban J connectivity index is 1.56. The molecule has 1 aliphatic heterocycles. The van der Waals surface area contributed by atoms with Crippen LogP contribution in [-0.4, -0.2) is 6.10 Å². The lowest BCUT2D eigenvalue weighted by Gasteiger charge is -2.30. The van der Waals surface area contributed by atoms with Gasteiger partial charge in [-0.25, -0.2) is 0 Å². The van der Waals surface area contributed by atoms with Crippen LogP contribution in [0.15, 0.2) is 60.7 Å². The van der Waals surface area contributed by atoms with Gasteiger partial charge in [-0.1, -0.05) is 60.7 Å². The van der Waals surface area contributed by atoms with Crippen LogP contribution in [0.5, 0.6) is 0 Å². The second kappa shape index (κ2) is 6.71. The predicted octanol–water partition coefficient (Wildman–Crippen LogP) is 4.93. The molecule has 0 spiro atoms. The van der Waals surface area contributed by atoms with Crippen LogP contribution < -0.4 is 0 Å². The molecule has 0 amide bonds. The van der Waals surface area contributed by atoms with Crippen molar-refractivity contribution in [3.05, 3.63) is 71.8 Å². The van der Waals surface area contributed by atoms with E-state index in [-0.39, 0.29) is 0 Å². The molecule has 20 heavy (non-hydrogen) atoms. The van der Waals surface area contributed by atoms with E-state index in [0.717, 1.165) is 19.3 Å². The summed E-state index contributed by atoms with van der Waals surface area (Å²) < 4.78 is 6.29. The first kappa shape index (κ1) is 13.4. The van der Waals surface area contributed by atoms with Gasteiger partial charge in [-0.3, -0.25) is 0 Å². The summed E-state index contributed by atoms with van der Waals surface area (Å²) in [5, 5.41) is 0. The zero-order chi connectivity index (χ0) is 13.6. The molecule has 2 atom stereocenters. The molecule has 0 radical (unpaired) electrons. The molecule has 2 aromatic rings. The topological polar surface area (TPSA) is 9.23 Å². The van der Waals surface area contributed by atoms with Gasteiger partial charge in [0.15, 0.2) is 0 Å². The number of benzene rings is 2. The zero-order valence-electron chi connectivity index (χ0n) is 11.9. The molecule has 1 aliphatic rings. The first-order valence-electron chi connectivity index (χ1n) is 7.66. The van der Waals surface area contributed by atoms with Crippen LogP contribution in [0.2, 0.25) is 0 Å². The molecule has 1 saturated heterocycles. The van der Waals surface area contributed by atoms with Gasteiger partial charge < -0.3 is 4.74 Å². The maximum Gasteiger partial charge on any atom is 0.0828 e. The first-order valence-corrected chi connectivity index (χ1v) is 7.66. The van der Waals surface area contributed by atoms with Crippen LogP contribution in [0.4, 0.5) is 0 Å². The van der Waals surface area contributed by atoms with Crippen LogP contribution in [-0.2, 0) is 11.2 Å². The average molecular weight is 266 g/mol. The summed E-state index contributed by atoms with van der Waals surface area (Å²) >= 11 is 0. The fourth-order valence-electron chi connectivity index (χ4n) is 3.00. The van der Waals surface area contributed by atoms with E-state index in [1.165, 1.54) is 24.0 Å². The standard InChI is InChI=1S/C19H22O/c1-3-8-16(9-4-1)14-15-18-12-7-13-19(20-18)17-10-5-2-6-11-17/h1-6,8-11,18-19H,7,12-15H2/t18-,19+/m0/s1.